The second-order valence-electron chi connectivity index (χ2n) is 5.50. The van der Waals surface area contributed by atoms with Crippen LogP contribution in [0, 0.1) is 0 Å². The summed E-state index contributed by atoms with van der Waals surface area (Å²) in [7, 11) is 0. The molecule has 1 aliphatic carbocycles. The molecule has 1 aromatic carbocycles. The molecule has 0 saturated heterocycles. The molecule has 2 aromatic rings. The van der Waals surface area contributed by atoms with E-state index in [1.165, 1.54) is 11.3 Å². The summed E-state index contributed by atoms with van der Waals surface area (Å²) in [5.41, 5.74) is 6.40. The van der Waals surface area contributed by atoms with Crippen LogP contribution in [-0.2, 0) is 15.0 Å². The van der Waals surface area contributed by atoms with Crippen LogP contribution >= 0.6 is 22.9 Å². The number of primary amides is 1. The number of amides is 1. The zero-order valence-electron chi connectivity index (χ0n) is 11.8. The highest BCUT2D eigenvalue weighted by Gasteiger charge is 2.44. The van der Waals surface area contributed by atoms with Crippen LogP contribution in [0.2, 0.25) is 5.02 Å². The highest BCUT2D eigenvalue weighted by Crippen LogP contribution is 2.41. The van der Waals surface area contributed by atoms with Gasteiger partial charge in [0, 0.05) is 28.8 Å². The molecule has 4 nitrogen and oxygen atoms in total. The average molecular weight is 335 g/mol. The Bertz CT molecular complexity index is 731. The van der Waals surface area contributed by atoms with Crippen molar-refractivity contribution in [1.82, 2.24) is 4.98 Å². The Morgan fingerprint density at radius 2 is 1.95 bits per heavy atom. The molecule has 6 heteroatoms. The summed E-state index contributed by atoms with van der Waals surface area (Å²) in [6, 6.07) is 7.45. The minimum Gasteiger partial charge on any atom is -0.369 e. The number of ketones is 1. The maximum absolute atomic E-state index is 12.0. The van der Waals surface area contributed by atoms with Crippen molar-refractivity contribution in [2.24, 2.45) is 5.73 Å². The quantitative estimate of drug-likeness (QED) is 0.935. The molecule has 1 fully saturated rings. The van der Waals surface area contributed by atoms with Crippen LogP contribution in [0.15, 0.2) is 29.6 Å². The van der Waals surface area contributed by atoms with E-state index in [0.29, 0.717) is 35.7 Å². The molecular weight excluding hydrogens is 320 g/mol. The van der Waals surface area contributed by atoms with Crippen molar-refractivity contribution in [1.29, 1.82) is 0 Å². The Kier molecular flexibility index (Phi) is 4.02. The predicted octanol–water partition coefficient (Wildman–Crippen LogP) is 3.33. The Hall–Kier alpha value is -1.72. The molecule has 0 bridgehead atoms. The summed E-state index contributed by atoms with van der Waals surface area (Å²) in [4.78, 5) is 28.1. The summed E-state index contributed by atoms with van der Waals surface area (Å²) in [5.74, 6) is -0.222. The van der Waals surface area contributed by atoms with Gasteiger partial charge in [-0.05, 0) is 18.9 Å². The van der Waals surface area contributed by atoms with Crippen LogP contribution in [0.1, 0.15) is 30.7 Å². The molecule has 1 amide bonds. The molecular formula is C16H15ClN2O2S. The van der Waals surface area contributed by atoms with E-state index in [9.17, 15) is 9.59 Å². The third kappa shape index (κ3) is 2.55. The Morgan fingerprint density at radius 3 is 2.59 bits per heavy atom. The van der Waals surface area contributed by atoms with Gasteiger partial charge < -0.3 is 5.73 Å². The van der Waals surface area contributed by atoms with Gasteiger partial charge in [0.25, 0.3) is 0 Å². The van der Waals surface area contributed by atoms with Crippen LogP contribution in [0.5, 0.6) is 0 Å². The summed E-state index contributed by atoms with van der Waals surface area (Å²) in [6.45, 7) is 0. The van der Waals surface area contributed by atoms with Crippen molar-refractivity contribution >= 4 is 34.6 Å². The van der Waals surface area contributed by atoms with E-state index in [0.717, 1.165) is 11.3 Å². The van der Waals surface area contributed by atoms with Gasteiger partial charge in [-0.25, -0.2) is 4.98 Å². The highest BCUT2D eigenvalue weighted by molar-refractivity contribution is 7.10. The number of thiazole rings is 1. The topological polar surface area (TPSA) is 73.1 Å². The maximum Gasteiger partial charge on any atom is 0.230 e. The number of benzene rings is 1. The smallest absolute Gasteiger partial charge is 0.230 e. The summed E-state index contributed by atoms with van der Waals surface area (Å²) in [5, 5.41) is 3.19. The van der Waals surface area contributed by atoms with Crippen LogP contribution in [0.3, 0.4) is 0 Å². The molecule has 0 spiro atoms. The number of nitrogens with zero attached hydrogens (tertiary/aromatic N) is 1. The lowest BCUT2D eigenvalue weighted by atomic mass is 9.73. The summed E-state index contributed by atoms with van der Waals surface area (Å²) >= 11 is 7.60. The first-order chi connectivity index (χ1) is 10.5. The fourth-order valence-corrected chi connectivity index (χ4v) is 4.12. The number of hydrogen-bond donors (Lipinski definition) is 1. The van der Waals surface area contributed by atoms with Crippen LogP contribution in [0.4, 0.5) is 0 Å². The minimum atomic E-state index is -0.821. The first-order valence-electron chi connectivity index (χ1n) is 7.05. The van der Waals surface area contributed by atoms with Gasteiger partial charge in [-0.3, -0.25) is 9.59 Å². The number of nitrogens with two attached hydrogens (primary N) is 1. The molecule has 0 unspecified atom stereocenters. The van der Waals surface area contributed by atoms with Gasteiger partial charge in [0.1, 0.15) is 16.2 Å². The zero-order valence-corrected chi connectivity index (χ0v) is 13.4. The molecule has 0 radical (unpaired) electrons. The molecule has 22 heavy (non-hydrogen) atoms. The molecule has 0 atom stereocenters. The van der Waals surface area contributed by atoms with Gasteiger partial charge in [0.2, 0.25) is 5.91 Å². The lowest BCUT2D eigenvalue weighted by Crippen LogP contribution is -2.44. The van der Waals surface area contributed by atoms with Crippen LogP contribution in [0.25, 0.3) is 11.3 Å². The first kappa shape index (κ1) is 15.2. The van der Waals surface area contributed by atoms with Gasteiger partial charge in [0.15, 0.2) is 0 Å². The standard InChI is InChI=1S/C16H15ClN2O2S/c17-12-4-2-1-3-11(12)13-9-22-15(19-13)16(14(18)21)7-5-10(20)6-8-16/h1-4,9H,5-8H2,(H2,18,21). The summed E-state index contributed by atoms with van der Waals surface area (Å²) in [6.07, 6.45) is 1.64. The third-order valence-corrected chi connectivity index (χ3v) is 5.57. The first-order valence-corrected chi connectivity index (χ1v) is 8.31. The van der Waals surface area contributed by atoms with Crippen molar-refractivity contribution in [2.45, 2.75) is 31.1 Å². The minimum absolute atomic E-state index is 0.180. The molecule has 1 aliphatic rings. The van der Waals surface area contributed by atoms with Crippen molar-refractivity contribution in [3.8, 4) is 11.3 Å². The number of rotatable bonds is 3. The van der Waals surface area contributed by atoms with Crippen molar-refractivity contribution in [3.05, 3.63) is 39.7 Å². The van der Waals surface area contributed by atoms with Gasteiger partial charge in [-0.15, -0.1) is 11.3 Å². The number of Topliss-reactive ketones (excluding diaryl/α,β-unsaturated/α-hetero) is 1. The second kappa shape index (κ2) is 5.82. The van der Waals surface area contributed by atoms with Gasteiger partial charge in [-0.1, -0.05) is 29.8 Å². The number of hydrogen-bond acceptors (Lipinski definition) is 4. The zero-order chi connectivity index (χ0) is 15.7. The van der Waals surface area contributed by atoms with E-state index in [4.69, 9.17) is 17.3 Å². The number of halogens is 1. The Labute approximate surface area is 137 Å². The highest BCUT2D eigenvalue weighted by atomic mass is 35.5. The normalized spacial score (nSPS) is 17.4. The fourth-order valence-electron chi connectivity index (χ4n) is 2.81. The fraction of sp³-hybridized carbons (Fsp3) is 0.312. The number of carbonyl (C=O) groups excluding carboxylic acids is 2. The SMILES string of the molecule is NC(=O)C1(c2nc(-c3ccccc3Cl)cs2)CCC(=O)CC1. The van der Waals surface area contributed by atoms with E-state index >= 15 is 0 Å². The van der Waals surface area contributed by atoms with Crippen molar-refractivity contribution in [3.63, 3.8) is 0 Å². The van der Waals surface area contributed by atoms with E-state index < -0.39 is 11.3 Å². The number of carbonyl (C=O) groups is 2. The Balaban J connectivity index is 2.00. The van der Waals surface area contributed by atoms with Crippen molar-refractivity contribution < 1.29 is 9.59 Å². The number of aromatic nitrogens is 1. The molecule has 3 rings (SSSR count). The van der Waals surface area contributed by atoms with Crippen LogP contribution in [-0.4, -0.2) is 16.7 Å². The molecule has 2 N–H and O–H groups in total. The molecule has 1 saturated carbocycles. The van der Waals surface area contributed by atoms with Gasteiger partial charge >= 0.3 is 0 Å². The van der Waals surface area contributed by atoms with Gasteiger partial charge in [-0.2, -0.15) is 0 Å². The third-order valence-electron chi connectivity index (χ3n) is 4.20. The van der Waals surface area contributed by atoms with Gasteiger partial charge in [0.05, 0.1) is 5.69 Å². The maximum atomic E-state index is 12.0. The van der Waals surface area contributed by atoms with E-state index in [-0.39, 0.29) is 5.78 Å². The van der Waals surface area contributed by atoms with E-state index in [1.807, 2.05) is 23.6 Å². The molecule has 0 aliphatic heterocycles. The van der Waals surface area contributed by atoms with Crippen molar-refractivity contribution in [2.75, 3.05) is 0 Å². The summed E-state index contributed by atoms with van der Waals surface area (Å²) < 4.78 is 0. The molecule has 114 valence electrons. The monoisotopic (exact) mass is 334 g/mol. The molecule has 1 heterocycles. The average Bonchev–Trinajstić information content (AvgIpc) is 2.98. The second-order valence-corrected chi connectivity index (χ2v) is 6.77. The molecule has 1 aromatic heterocycles. The largest absolute Gasteiger partial charge is 0.369 e. The lowest BCUT2D eigenvalue weighted by Gasteiger charge is -2.31. The van der Waals surface area contributed by atoms with E-state index in [2.05, 4.69) is 4.98 Å². The van der Waals surface area contributed by atoms with E-state index in [1.54, 1.807) is 6.07 Å². The van der Waals surface area contributed by atoms with Crippen LogP contribution < -0.4 is 5.73 Å². The Morgan fingerprint density at radius 1 is 1.27 bits per heavy atom. The predicted molar refractivity (Wildman–Crippen MR) is 86.9 cm³/mol. The lowest BCUT2D eigenvalue weighted by molar-refractivity contribution is -0.128.